The molecule has 0 fully saturated rings. The van der Waals surface area contributed by atoms with Crippen LogP contribution in [0.5, 0.6) is 0 Å². The molecular weight excluding hydrogens is 194 g/mol. The number of carbonyl (C=O) groups excluding carboxylic acids is 1. The van der Waals surface area contributed by atoms with E-state index in [1.807, 2.05) is 0 Å². The van der Waals surface area contributed by atoms with E-state index in [0.717, 1.165) is 0 Å². The van der Waals surface area contributed by atoms with E-state index >= 15 is 0 Å². The van der Waals surface area contributed by atoms with Crippen molar-refractivity contribution in [3.63, 3.8) is 0 Å². The van der Waals surface area contributed by atoms with Gasteiger partial charge < -0.3 is 11.5 Å². The number of aromatic nitrogens is 3. The van der Waals surface area contributed by atoms with Crippen LogP contribution < -0.4 is 11.5 Å². The summed E-state index contributed by atoms with van der Waals surface area (Å²) in [4.78, 5) is 14.8. The molecule has 0 bridgehead atoms. The van der Waals surface area contributed by atoms with Crippen molar-refractivity contribution >= 4 is 11.6 Å². The molecule has 0 saturated heterocycles. The highest BCUT2D eigenvalue weighted by Crippen LogP contribution is 2.14. The highest BCUT2D eigenvalue weighted by molar-refractivity contribution is 5.94. The lowest BCUT2D eigenvalue weighted by atomic mass is 10.1. The van der Waals surface area contributed by atoms with E-state index in [1.54, 1.807) is 12.1 Å². The largest absolute Gasteiger partial charge is 0.399 e. The third-order valence-corrected chi connectivity index (χ3v) is 1.91. The zero-order valence-corrected chi connectivity index (χ0v) is 7.79. The minimum atomic E-state index is -0.524. The average molecular weight is 203 g/mol. The molecule has 0 radical (unpaired) electrons. The molecule has 0 saturated carbocycles. The Morgan fingerprint density at radius 3 is 2.73 bits per heavy atom. The SMILES string of the molecule is NC(=O)c1cc(N)cc(-n2cncn2)c1. The normalized spacial score (nSPS) is 10.1. The summed E-state index contributed by atoms with van der Waals surface area (Å²) < 4.78 is 1.50. The van der Waals surface area contributed by atoms with Gasteiger partial charge in [-0.05, 0) is 18.2 Å². The van der Waals surface area contributed by atoms with Gasteiger partial charge in [0.2, 0.25) is 5.91 Å². The second kappa shape index (κ2) is 3.41. The maximum Gasteiger partial charge on any atom is 0.248 e. The van der Waals surface area contributed by atoms with E-state index in [2.05, 4.69) is 10.1 Å². The number of benzene rings is 1. The zero-order valence-electron chi connectivity index (χ0n) is 7.79. The molecule has 1 aromatic heterocycles. The van der Waals surface area contributed by atoms with Crippen LogP contribution in [0.4, 0.5) is 5.69 Å². The van der Waals surface area contributed by atoms with Crippen LogP contribution in [-0.4, -0.2) is 20.7 Å². The second-order valence-corrected chi connectivity index (χ2v) is 3.02. The molecule has 2 rings (SSSR count). The number of hydrogen-bond donors (Lipinski definition) is 2. The van der Waals surface area contributed by atoms with Gasteiger partial charge in [-0.15, -0.1) is 0 Å². The molecule has 76 valence electrons. The number of amides is 1. The number of rotatable bonds is 2. The summed E-state index contributed by atoms with van der Waals surface area (Å²) in [6.07, 6.45) is 2.91. The van der Waals surface area contributed by atoms with Crippen LogP contribution >= 0.6 is 0 Å². The summed E-state index contributed by atoms with van der Waals surface area (Å²) in [5.41, 5.74) is 12.3. The van der Waals surface area contributed by atoms with E-state index in [-0.39, 0.29) is 0 Å². The third-order valence-electron chi connectivity index (χ3n) is 1.91. The Balaban J connectivity index is 2.54. The fourth-order valence-electron chi connectivity index (χ4n) is 1.25. The van der Waals surface area contributed by atoms with Gasteiger partial charge in [-0.2, -0.15) is 5.10 Å². The molecule has 1 heterocycles. The van der Waals surface area contributed by atoms with Gasteiger partial charge in [0.1, 0.15) is 12.7 Å². The lowest BCUT2D eigenvalue weighted by Gasteiger charge is -2.04. The topological polar surface area (TPSA) is 99.8 Å². The van der Waals surface area contributed by atoms with Gasteiger partial charge in [0.05, 0.1) is 5.69 Å². The van der Waals surface area contributed by atoms with E-state index in [4.69, 9.17) is 11.5 Å². The van der Waals surface area contributed by atoms with Gasteiger partial charge in [0.25, 0.3) is 0 Å². The van der Waals surface area contributed by atoms with Crippen molar-refractivity contribution < 1.29 is 4.79 Å². The predicted molar refractivity (Wildman–Crippen MR) is 54.3 cm³/mol. The summed E-state index contributed by atoms with van der Waals surface area (Å²) in [5.74, 6) is -0.524. The maximum absolute atomic E-state index is 11.0. The lowest BCUT2D eigenvalue weighted by molar-refractivity contribution is 0.100. The van der Waals surface area contributed by atoms with Crippen molar-refractivity contribution in [2.24, 2.45) is 5.73 Å². The first-order valence-corrected chi connectivity index (χ1v) is 4.22. The lowest BCUT2D eigenvalue weighted by Crippen LogP contribution is -2.12. The molecular formula is C9H9N5O. The van der Waals surface area contributed by atoms with Gasteiger partial charge in [0.15, 0.2) is 0 Å². The monoisotopic (exact) mass is 203 g/mol. The van der Waals surface area contributed by atoms with Gasteiger partial charge in [0, 0.05) is 11.3 Å². The van der Waals surface area contributed by atoms with Gasteiger partial charge >= 0.3 is 0 Å². The third kappa shape index (κ3) is 1.78. The Labute approximate surface area is 85.5 Å². The second-order valence-electron chi connectivity index (χ2n) is 3.02. The number of nitrogen functional groups attached to an aromatic ring is 1. The Hall–Kier alpha value is -2.37. The number of nitrogens with zero attached hydrogens (tertiary/aromatic N) is 3. The molecule has 1 aromatic carbocycles. The van der Waals surface area contributed by atoms with E-state index in [9.17, 15) is 4.79 Å². The molecule has 4 N–H and O–H groups in total. The van der Waals surface area contributed by atoms with Crippen molar-refractivity contribution in [1.82, 2.24) is 14.8 Å². The van der Waals surface area contributed by atoms with Gasteiger partial charge in [-0.1, -0.05) is 0 Å². The summed E-state index contributed by atoms with van der Waals surface area (Å²) >= 11 is 0. The summed E-state index contributed by atoms with van der Waals surface area (Å²) in [6.45, 7) is 0. The fraction of sp³-hybridized carbons (Fsp3) is 0. The van der Waals surface area contributed by atoms with Crippen LogP contribution in [0, 0.1) is 0 Å². The van der Waals surface area contributed by atoms with Crippen molar-refractivity contribution in [2.45, 2.75) is 0 Å². The average Bonchev–Trinajstić information content (AvgIpc) is 2.69. The molecule has 0 aliphatic carbocycles. The van der Waals surface area contributed by atoms with Gasteiger partial charge in [-0.25, -0.2) is 9.67 Å². The van der Waals surface area contributed by atoms with Crippen molar-refractivity contribution in [3.05, 3.63) is 36.4 Å². The molecule has 2 aromatic rings. The van der Waals surface area contributed by atoms with E-state index in [1.165, 1.54) is 23.4 Å². The van der Waals surface area contributed by atoms with E-state index < -0.39 is 5.91 Å². The first-order chi connectivity index (χ1) is 7.16. The minimum Gasteiger partial charge on any atom is -0.399 e. The molecule has 6 nitrogen and oxygen atoms in total. The summed E-state index contributed by atoms with van der Waals surface area (Å²) in [7, 11) is 0. The number of anilines is 1. The summed E-state index contributed by atoms with van der Waals surface area (Å²) in [6, 6.07) is 4.80. The standard InChI is InChI=1S/C9H9N5O/c10-7-1-6(9(11)15)2-8(3-7)14-5-12-4-13-14/h1-5H,10H2,(H2,11,15). The Morgan fingerprint density at radius 1 is 1.33 bits per heavy atom. The highest BCUT2D eigenvalue weighted by Gasteiger charge is 2.05. The molecule has 15 heavy (non-hydrogen) atoms. The number of carbonyl (C=O) groups is 1. The zero-order chi connectivity index (χ0) is 10.8. The Morgan fingerprint density at radius 2 is 2.13 bits per heavy atom. The molecule has 0 spiro atoms. The van der Waals surface area contributed by atoms with Crippen LogP contribution in [0.2, 0.25) is 0 Å². The Bertz CT molecular complexity index is 491. The number of hydrogen-bond acceptors (Lipinski definition) is 4. The molecule has 1 amide bonds. The maximum atomic E-state index is 11.0. The number of nitrogens with two attached hydrogens (primary N) is 2. The smallest absolute Gasteiger partial charge is 0.248 e. The van der Waals surface area contributed by atoms with Crippen LogP contribution in [0.25, 0.3) is 5.69 Å². The van der Waals surface area contributed by atoms with Crippen LogP contribution in [-0.2, 0) is 0 Å². The van der Waals surface area contributed by atoms with Crippen LogP contribution in [0.1, 0.15) is 10.4 Å². The highest BCUT2D eigenvalue weighted by atomic mass is 16.1. The van der Waals surface area contributed by atoms with Crippen molar-refractivity contribution in [3.8, 4) is 5.69 Å². The predicted octanol–water partition coefficient (Wildman–Crippen LogP) is -0.0516. The fourth-order valence-corrected chi connectivity index (χ4v) is 1.25. The molecule has 0 atom stereocenters. The van der Waals surface area contributed by atoms with Crippen LogP contribution in [0.3, 0.4) is 0 Å². The Kier molecular flexibility index (Phi) is 2.09. The number of primary amides is 1. The molecule has 6 heteroatoms. The minimum absolute atomic E-state index is 0.348. The van der Waals surface area contributed by atoms with E-state index in [0.29, 0.717) is 16.9 Å². The quantitative estimate of drug-likeness (QED) is 0.668. The van der Waals surface area contributed by atoms with Gasteiger partial charge in [-0.3, -0.25) is 4.79 Å². The molecule has 0 unspecified atom stereocenters. The first kappa shape index (κ1) is 9.20. The summed E-state index contributed by atoms with van der Waals surface area (Å²) in [5, 5.41) is 3.93. The van der Waals surface area contributed by atoms with Crippen molar-refractivity contribution in [1.29, 1.82) is 0 Å². The molecule has 0 aliphatic heterocycles. The van der Waals surface area contributed by atoms with Crippen LogP contribution in [0.15, 0.2) is 30.9 Å². The first-order valence-electron chi connectivity index (χ1n) is 4.22. The van der Waals surface area contributed by atoms with Crippen molar-refractivity contribution in [2.75, 3.05) is 5.73 Å². The molecule has 0 aliphatic rings.